The molecular weight excluding hydrogens is 364 g/mol. The van der Waals surface area contributed by atoms with E-state index in [1.165, 1.54) is 18.4 Å². The molecule has 2 heterocycles. The van der Waals surface area contributed by atoms with Gasteiger partial charge in [0.05, 0.1) is 12.5 Å². The first kappa shape index (κ1) is 17.3. The zero-order chi connectivity index (χ0) is 18.5. The summed E-state index contributed by atoms with van der Waals surface area (Å²) in [6.07, 6.45) is 9.06. The lowest BCUT2D eigenvalue weighted by Gasteiger charge is -2.47. The molecule has 4 fully saturated rings. The van der Waals surface area contributed by atoms with Gasteiger partial charge in [-0.15, -0.1) is 5.10 Å². The van der Waals surface area contributed by atoms with Gasteiger partial charge in [-0.2, -0.15) is 4.98 Å². The fourth-order valence-corrected chi connectivity index (χ4v) is 5.30. The molecule has 144 valence electrons. The molecular formula is C20H25ClN4O2. The van der Waals surface area contributed by atoms with E-state index < -0.39 is 0 Å². The highest BCUT2D eigenvalue weighted by molar-refractivity contribution is 6.28. The van der Waals surface area contributed by atoms with Gasteiger partial charge in [-0.05, 0) is 86.4 Å². The number of aromatic nitrogens is 3. The number of esters is 1. The van der Waals surface area contributed by atoms with E-state index >= 15 is 0 Å². The monoisotopic (exact) mass is 388 g/mol. The molecule has 0 spiro atoms. The molecule has 7 heteroatoms. The van der Waals surface area contributed by atoms with Crippen molar-refractivity contribution in [1.82, 2.24) is 14.6 Å². The Labute approximate surface area is 163 Å². The summed E-state index contributed by atoms with van der Waals surface area (Å²) in [6.45, 7) is 2.29. The summed E-state index contributed by atoms with van der Waals surface area (Å²) in [7, 11) is 0. The second kappa shape index (κ2) is 6.66. The lowest BCUT2D eigenvalue weighted by Crippen LogP contribution is -2.52. The molecule has 2 aromatic rings. The molecule has 0 amide bonds. The van der Waals surface area contributed by atoms with Gasteiger partial charge < -0.3 is 10.1 Å². The lowest BCUT2D eigenvalue weighted by atomic mass is 9.61. The smallest absolute Gasteiger partial charge is 0.311 e. The van der Waals surface area contributed by atoms with Crippen LogP contribution in [0.2, 0.25) is 5.28 Å². The van der Waals surface area contributed by atoms with Crippen molar-refractivity contribution < 1.29 is 9.53 Å². The lowest BCUT2D eigenvalue weighted by molar-refractivity contribution is -0.154. The summed E-state index contributed by atoms with van der Waals surface area (Å²) in [6, 6.07) is 2.21. The van der Waals surface area contributed by atoms with Crippen LogP contribution in [0.15, 0.2) is 12.3 Å². The SMILES string of the molecule is CCOC(=O)[C@H]1C2CCC(CC2)[C@@H]1Nc1nc(Cl)nn2cc(C3CC3)cc12. The first-order valence-corrected chi connectivity index (χ1v) is 10.5. The number of halogens is 1. The zero-order valence-corrected chi connectivity index (χ0v) is 16.3. The molecule has 0 aliphatic heterocycles. The van der Waals surface area contributed by atoms with Crippen molar-refractivity contribution >= 4 is 28.9 Å². The predicted molar refractivity (Wildman–Crippen MR) is 103 cm³/mol. The van der Waals surface area contributed by atoms with Crippen LogP contribution in [0.25, 0.3) is 5.52 Å². The maximum atomic E-state index is 12.7. The Kier molecular flexibility index (Phi) is 4.26. The number of nitrogens with zero attached hydrogens (tertiary/aromatic N) is 3. The molecule has 4 aliphatic carbocycles. The standard InChI is InChI=1S/C20H25ClN4O2/c1-2-27-19(26)16-12-5-7-13(8-6-12)17(16)22-18-15-9-14(11-3-4-11)10-25(15)24-20(21)23-18/h9-13,16-17H,2-8H2,1H3,(H,22,23,24)/t12?,13?,16-,17-/m0/s1. The number of carbonyl (C=O) groups is 1. The molecule has 1 N–H and O–H groups in total. The van der Waals surface area contributed by atoms with Gasteiger partial charge in [-0.3, -0.25) is 4.79 Å². The van der Waals surface area contributed by atoms with E-state index in [0.29, 0.717) is 24.4 Å². The molecule has 4 saturated carbocycles. The number of anilines is 1. The summed E-state index contributed by atoms with van der Waals surface area (Å²) in [5.74, 6) is 2.05. The number of hydrogen-bond acceptors (Lipinski definition) is 5. The van der Waals surface area contributed by atoms with E-state index in [4.69, 9.17) is 16.3 Å². The maximum Gasteiger partial charge on any atom is 0.311 e. The first-order valence-electron chi connectivity index (χ1n) is 10.1. The maximum absolute atomic E-state index is 12.7. The number of carbonyl (C=O) groups excluding carboxylic acids is 1. The largest absolute Gasteiger partial charge is 0.466 e. The summed E-state index contributed by atoms with van der Waals surface area (Å²) in [4.78, 5) is 17.2. The van der Waals surface area contributed by atoms with Gasteiger partial charge >= 0.3 is 5.97 Å². The molecule has 2 atom stereocenters. The van der Waals surface area contributed by atoms with Crippen molar-refractivity contribution in [3.8, 4) is 0 Å². The topological polar surface area (TPSA) is 68.5 Å². The third kappa shape index (κ3) is 3.08. The summed E-state index contributed by atoms with van der Waals surface area (Å²) < 4.78 is 7.24. The van der Waals surface area contributed by atoms with Crippen molar-refractivity contribution in [3.05, 3.63) is 23.1 Å². The highest BCUT2D eigenvalue weighted by atomic mass is 35.5. The minimum absolute atomic E-state index is 0.0468. The molecule has 6 rings (SSSR count). The number of hydrogen-bond donors (Lipinski definition) is 1. The molecule has 6 nitrogen and oxygen atoms in total. The van der Waals surface area contributed by atoms with E-state index in [-0.39, 0.29) is 23.2 Å². The Morgan fingerprint density at radius 2 is 2.00 bits per heavy atom. The van der Waals surface area contributed by atoms with Crippen molar-refractivity contribution in [3.63, 3.8) is 0 Å². The Hall–Kier alpha value is -1.82. The van der Waals surface area contributed by atoms with Crippen molar-refractivity contribution in [2.75, 3.05) is 11.9 Å². The van der Waals surface area contributed by atoms with E-state index in [1.54, 1.807) is 0 Å². The van der Waals surface area contributed by atoms with Crippen LogP contribution >= 0.6 is 11.6 Å². The van der Waals surface area contributed by atoms with Crippen LogP contribution < -0.4 is 5.32 Å². The van der Waals surface area contributed by atoms with Gasteiger partial charge in [-0.25, -0.2) is 4.52 Å². The van der Waals surface area contributed by atoms with Gasteiger partial charge in [0.1, 0.15) is 5.52 Å². The van der Waals surface area contributed by atoms with Crippen LogP contribution in [0, 0.1) is 17.8 Å². The second-order valence-electron chi connectivity index (χ2n) is 8.23. The van der Waals surface area contributed by atoms with Crippen LogP contribution in [-0.2, 0) is 9.53 Å². The fraction of sp³-hybridized carbons (Fsp3) is 0.650. The highest BCUT2D eigenvalue weighted by Crippen LogP contribution is 2.47. The van der Waals surface area contributed by atoms with Crippen LogP contribution in [0.4, 0.5) is 5.82 Å². The third-order valence-corrected chi connectivity index (χ3v) is 6.75. The second-order valence-corrected chi connectivity index (χ2v) is 8.57. The molecule has 0 radical (unpaired) electrons. The minimum Gasteiger partial charge on any atom is -0.466 e. The van der Waals surface area contributed by atoms with Gasteiger partial charge in [-0.1, -0.05) is 0 Å². The average Bonchev–Trinajstić information content (AvgIpc) is 3.42. The Bertz CT molecular complexity index is 870. The van der Waals surface area contributed by atoms with Crippen LogP contribution in [0.1, 0.15) is 56.9 Å². The molecule has 0 saturated heterocycles. The zero-order valence-electron chi connectivity index (χ0n) is 15.5. The normalized spacial score (nSPS) is 29.9. The average molecular weight is 389 g/mol. The van der Waals surface area contributed by atoms with Crippen LogP contribution in [0.5, 0.6) is 0 Å². The van der Waals surface area contributed by atoms with Crippen molar-refractivity contribution in [2.24, 2.45) is 17.8 Å². The van der Waals surface area contributed by atoms with E-state index in [9.17, 15) is 4.79 Å². The Morgan fingerprint density at radius 3 is 2.70 bits per heavy atom. The van der Waals surface area contributed by atoms with E-state index in [0.717, 1.165) is 37.0 Å². The van der Waals surface area contributed by atoms with Gasteiger partial charge in [0.2, 0.25) is 5.28 Å². The molecule has 2 aromatic heterocycles. The predicted octanol–water partition coefficient (Wildman–Crippen LogP) is 4.04. The fourth-order valence-electron chi connectivity index (χ4n) is 5.13. The van der Waals surface area contributed by atoms with E-state index in [1.807, 2.05) is 11.4 Å². The molecule has 27 heavy (non-hydrogen) atoms. The molecule has 2 bridgehead atoms. The minimum atomic E-state index is -0.107. The summed E-state index contributed by atoms with van der Waals surface area (Å²) in [5, 5.41) is 8.15. The number of fused-ring (bicyclic) bond motifs is 4. The number of ether oxygens (including phenoxy) is 1. The first-order chi connectivity index (χ1) is 13.1. The highest BCUT2D eigenvalue weighted by Gasteiger charge is 2.48. The van der Waals surface area contributed by atoms with Gasteiger partial charge in [0, 0.05) is 12.2 Å². The third-order valence-electron chi connectivity index (χ3n) is 6.59. The Morgan fingerprint density at radius 1 is 1.26 bits per heavy atom. The number of rotatable bonds is 5. The Balaban J connectivity index is 1.50. The molecule has 0 unspecified atom stereocenters. The van der Waals surface area contributed by atoms with Crippen molar-refractivity contribution in [2.45, 2.75) is 57.4 Å². The van der Waals surface area contributed by atoms with Crippen molar-refractivity contribution in [1.29, 1.82) is 0 Å². The van der Waals surface area contributed by atoms with E-state index in [2.05, 4.69) is 27.7 Å². The van der Waals surface area contributed by atoms with Crippen LogP contribution in [0.3, 0.4) is 0 Å². The quantitative estimate of drug-likeness (QED) is 0.783. The summed E-state index contributed by atoms with van der Waals surface area (Å²) >= 11 is 6.20. The molecule has 4 aliphatic rings. The van der Waals surface area contributed by atoms with Crippen LogP contribution in [-0.4, -0.2) is 33.2 Å². The summed E-state index contributed by atoms with van der Waals surface area (Å²) in [5.41, 5.74) is 2.23. The van der Waals surface area contributed by atoms with Gasteiger partial charge in [0.15, 0.2) is 5.82 Å². The number of nitrogens with one attached hydrogen (secondary N) is 1. The van der Waals surface area contributed by atoms with Gasteiger partial charge in [0.25, 0.3) is 0 Å². The molecule has 0 aromatic carbocycles.